The van der Waals surface area contributed by atoms with Crippen molar-refractivity contribution < 1.29 is 0 Å². The van der Waals surface area contributed by atoms with Crippen LogP contribution in [0.15, 0.2) is 0 Å². The molecule has 0 saturated carbocycles. The molecule has 0 spiro atoms. The summed E-state index contributed by atoms with van der Waals surface area (Å²) in [5.41, 5.74) is 0.288. The molecule has 2 unspecified atom stereocenters. The van der Waals surface area contributed by atoms with E-state index >= 15 is 0 Å². The predicted molar refractivity (Wildman–Crippen MR) is 78.0 cm³/mol. The average Bonchev–Trinajstić information content (AvgIpc) is 2.37. The van der Waals surface area contributed by atoms with Gasteiger partial charge in [-0.05, 0) is 46.6 Å². The van der Waals surface area contributed by atoms with Crippen molar-refractivity contribution in [1.29, 1.82) is 0 Å². The second-order valence-electron chi connectivity index (χ2n) is 6.64. The van der Waals surface area contributed by atoms with Crippen LogP contribution >= 0.6 is 0 Å². The third-order valence-electron chi connectivity index (χ3n) is 5.07. The molecule has 2 aliphatic heterocycles. The van der Waals surface area contributed by atoms with Crippen LogP contribution in [0.25, 0.3) is 0 Å². The van der Waals surface area contributed by atoms with Gasteiger partial charge in [-0.2, -0.15) is 0 Å². The first-order valence-electron chi connectivity index (χ1n) is 7.77. The molecule has 0 aromatic rings. The van der Waals surface area contributed by atoms with Crippen molar-refractivity contribution >= 4 is 0 Å². The Bertz CT molecular complexity index is 256. The molecule has 2 heterocycles. The summed E-state index contributed by atoms with van der Waals surface area (Å²) in [6.07, 6.45) is 3.97. The monoisotopic (exact) mass is 253 g/mol. The lowest BCUT2D eigenvalue weighted by atomic mass is 9.85. The molecule has 2 fully saturated rings. The zero-order valence-corrected chi connectivity index (χ0v) is 12.7. The molecular weight excluding hydrogens is 222 g/mol. The number of nitrogens with zero attached hydrogens (tertiary/aromatic N) is 2. The SMILES string of the molecule is CCC(C)N1CCN(C2CCCNC2(C)C)CC1. The molecule has 2 rings (SSSR count). The van der Waals surface area contributed by atoms with E-state index in [-0.39, 0.29) is 5.54 Å². The zero-order chi connectivity index (χ0) is 13.2. The van der Waals surface area contributed by atoms with Crippen LogP contribution < -0.4 is 5.32 Å². The molecule has 2 aliphatic rings. The highest BCUT2D eigenvalue weighted by Gasteiger charge is 2.37. The molecule has 18 heavy (non-hydrogen) atoms. The normalized spacial score (nSPS) is 32.3. The van der Waals surface area contributed by atoms with Gasteiger partial charge in [-0.15, -0.1) is 0 Å². The van der Waals surface area contributed by atoms with E-state index in [1.807, 2.05) is 0 Å². The molecule has 1 N–H and O–H groups in total. The minimum Gasteiger partial charge on any atom is -0.310 e. The summed E-state index contributed by atoms with van der Waals surface area (Å²) < 4.78 is 0. The third kappa shape index (κ3) is 3.06. The van der Waals surface area contributed by atoms with Crippen LogP contribution in [-0.4, -0.2) is 60.1 Å². The Morgan fingerprint density at radius 3 is 2.44 bits per heavy atom. The van der Waals surface area contributed by atoms with Crippen molar-refractivity contribution in [3.05, 3.63) is 0 Å². The minimum atomic E-state index is 0.288. The van der Waals surface area contributed by atoms with E-state index in [9.17, 15) is 0 Å². The van der Waals surface area contributed by atoms with E-state index in [1.165, 1.54) is 52.0 Å². The first-order valence-corrected chi connectivity index (χ1v) is 7.77. The molecule has 2 atom stereocenters. The maximum Gasteiger partial charge on any atom is 0.0280 e. The highest BCUT2D eigenvalue weighted by Crippen LogP contribution is 2.25. The van der Waals surface area contributed by atoms with Crippen LogP contribution in [0.5, 0.6) is 0 Å². The summed E-state index contributed by atoms with van der Waals surface area (Å²) in [5.74, 6) is 0. The fraction of sp³-hybridized carbons (Fsp3) is 1.00. The van der Waals surface area contributed by atoms with Gasteiger partial charge in [0.15, 0.2) is 0 Å². The van der Waals surface area contributed by atoms with Gasteiger partial charge in [-0.25, -0.2) is 0 Å². The van der Waals surface area contributed by atoms with Crippen LogP contribution in [-0.2, 0) is 0 Å². The molecule has 106 valence electrons. The Hall–Kier alpha value is -0.120. The third-order valence-corrected chi connectivity index (χ3v) is 5.07. The number of nitrogens with one attached hydrogen (secondary N) is 1. The second kappa shape index (κ2) is 5.89. The molecule has 0 radical (unpaired) electrons. The van der Waals surface area contributed by atoms with Gasteiger partial charge in [-0.3, -0.25) is 9.80 Å². The Morgan fingerprint density at radius 2 is 1.89 bits per heavy atom. The van der Waals surface area contributed by atoms with Gasteiger partial charge in [0, 0.05) is 43.8 Å². The highest BCUT2D eigenvalue weighted by atomic mass is 15.3. The summed E-state index contributed by atoms with van der Waals surface area (Å²) in [7, 11) is 0. The Morgan fingerprint density at radius 1 is 1.22 bits per heavy atom. The Labute approximate surface area is 113 Å². The maximum absolute atomic E-state index is 3.70. The second-order valence-corrected chi connectivity index (χ2v) is 6.64. The van der Waals surface area contributed by atoms with Crippen molar-refractivity contribution in [2.24, 2.45) is 0 Å². The molecule has 0 aromatic carbocycles. The van der Waals surface area contributed by atoms with Gasteiger partial charge in [-0.1, -0.05) is 6.92 Å². The smallest absolute Gasteiger partial charge is 0.0280 e. The van der Waals surface area contributed by atoms with Crippen molar-refractivity contribution in [1.82, 2.24) is 15.1 Å². The number of piperidine rings is 1. The predicted octanol–water partition coefficient (Wildman–Crippen LogP) is 1.93. The highest BCUT2D eigenvalue weighted by molar-refractivity contribution is 4.97. The minimum absolute atomic E-state index is 0.288. The fourth-order valence-electron chi connectivity index (χ4n) is 3.57. The van der Waals surface area contributed by atoms with Crippen LogP contribution in [0.2, 0.25) is 0 Å². The van der Waals surface area contributed by atoms with E-state index < -0.39 is 0 Å². The number of hydrogen-bond acceptors (Lipinski definition) is 3. The molecule has 3 heteroatoms. The average molecular weight is 253 g/mol. The van der Waals surface area contributed by atoms with Crippen molar-refractivity contribution in [2.45, 2.75) is 64.6 Å². The maximum atomic E-state index is 3.70. The topological polar surface area (TPSA) is 18.5 Å². The van der Waals surface area contributed by atoms with Crippen molar-refractivity contribution in [3.63, 3.8) is 0 Å². The van der Waals surface area contributed by atoms with Crippen molar-refractivity contribution in [2.75, 3.05) is 32.7 Å². The summed E-state index contributed by atoms with van der Waals surface area (Å²) in [5, 5.41) is 3.70. The van der Waals surface area contributed by atoms with E-state index in [4.69, 9.17) is 0 Å². The molecule has 0 aromatic heterocycles. The van der Waals surface area contributed by atoms with E-state index in [2.05, 4.69) is 42.8 Å². The summed E-state index contributed by atoms with van der Waals surface area (Å²) in [4.78, 5) is 5.38. The zero-order valence-electron chi connectivity index (χ0n) is 12.7. The molecule has 3 nitrogen and oxygen atoms in total. The van der Waals surface area contributed by atoms with E-state index in [1.54, 1.807) is 0 Å². The van der Waals surface area contributed by atoms with Crippen molar-refractivity contribution in [3.8, 4) is 0 Å². The Kier molecular flexibility index (Phi) is 4.68. The van der Waals surface area contributed by atoms with Crippen LogP contribution in [0, 0.1) is 0 Å². The van der Waals surface area contributed by atoms with Gasteiger partial charge in [0.1, 0.15) is 0 Å². The van der Waals surface area contributed by atoms with Gasteiger partial charge in [0.2, 0.25) is 0 Å². The first-order chi connectivity index (χ1) is 8.54. The molecule has 0 amide bonds. The molecule has 0 aliphatic carbocycles. The largest absolute Gasteiger partial charge is 0.310 e. The van der Waals surface area contributed by atoms with E-state index in [0.717, 1.165) is 12.1 Å². The fourth-order valence-corrected chi connectivity index (χ4v) is 3.57. The molecular formula is C15H31N3. The standard InChI is InChI=1S/C15H31N3/c1-5-13(2)17-9-11-18(12-10-17)14-7-6-8-16-15(14,3)4/h13-14,16H,5-12H2,1-4H3. The Balaban J connectivity index is 1.89. The number of piperazine rings is 1. The summed E-state index contributed by atoms with van der Waals surface area (Å²) >= 11 is 0. The molecule has 2 saturated heterocycles. The quantitative estimate of drug-likeness (QED) is 0.829. The number of rotatable bonds is 3. The van der Waals surface area contributed by atoms with Gasteiger partial charge in [0.05, 0.1) is 0 Å². The lowest BCUT2D eigenvalue weighted by Gasteiger charge is -2.49. The summed E-state index contributed by atoms with van der Waals surface area (Å²) in [6, 6.07) is 1.48. The lowest BCUT2D eigenvalue weighted by molar-refractivity contribution is 0.0267. The lowest BCUT2D eigenvalue weighted by Crippen LogP contribution is -2.63. The van der Waals surface area contributed by atoms with Crippen LogP contribution in [0.3, 0.4) is 0 Å². The van der Waals surface area contributed by atoms with Gasteiger partial charge < -0.3 is 5.32 Å². The van der Waals surface area contributed by atoms with Crippen LogP contribution in [0.4, 0.5) is 0 Å². The molecule has 0 bridgehead atoms. The first kappa shape index (κ1) is 14.3. The van der Waals surface area contributed by atoms with Gasteiger partial charge >= 0.3 is 0 Å². The summed E-state index contributed by atoms with van der Waals surface area (Å²) in [6.45, 7) is 15.6. The van der Waals surface area contributed by atoms with Crippen LogP contribution in [0.1, 0.15) is 47.0 Å². The van der Waals surface area contributed by atoms with Gasteiger partial charge in [0.25, 0.3) is 0 Å². The van der Waals surface area contributed by atoms with E-state index in [0.29, 0.717) is 0 Å². The number of hydrogen-bond donors (Lipinski definition) is 1.